The third-order valence-corrected chi connectivity index (χ3v) is 4.22. The Kier molecular flexibility index (Phi) is 7.73. The van der Waals surface area contributed by atoms with Gasteiger partial charge in [0.1, 0.15) is 0 Å². The molecular weight excluding hydrogens is 246 g/mol. The highest BCUT2D eigenvalue weighted by atomic mass is 35.5. The van der Waals surface area contributed by atoms with Gasteiger partial charge in [0.05, 0.1) is 0 Å². The summed E-state index contributed by atoms with van der Waals surface area (Å²) >= 11 is 5.77. The summed E-state index contributed by atoms with van der Waals surface area (Å²) < 4.78 is 0. The van der Waals surface area contributed by atoms with Gasteiger partial charge in [0.25, 0.3) is 0 Å². The predicted octanol–water partition coefficient (Wildman–Crippen LogP) is 4.21. The number of amides is 1. The molecule has 0 aromatic carbocycles. The van der Waals surface area contributed by atoms with Crippen LogP contribution in [0.1, 0.15) is 65.2 Å². The number of nitrogens with zero attached hydrogens (tertiary/aromatic N) is 1. The summed E-state index contributed by atoms with van der Waals surface area (Å²) in [5.74, 6) is 1.39. The van der Waals surface area contributed by atoms with Crippen molar-refractivity contribution in [2.45, 2.75) is 71.3 Å². The fraction of sp³-hybridized carbons (Fsp3) is 0.933. The van der Waals surface area contributed by atoms with E-state index in [1.165, 1.54) is 12.8 Å². The SMILES string of the molecule is CCCC(CCC)C(=O)N1CCCC1CCCCl. The fourth-order valence-electron chi connectivity index (χ4n) is 3.06. The van der Waals surface area contributed by atoms with Crippen LogP contribution in [-0.4, -0.2) is 29.3 Å². The molecule has 1 unspecified atom stereocenters. The summed E-state index contributed by atoms with van der Waals surface area (Å²) in [4.78, 5) is 14.7. The number of alkyl halides is 1. The third-order valence-electron chi connectivity index (χ3n) is 3.95. The average Bonchev–Trinajstić information content (AvgIpc) is 2.83. The third kappa shape index (κ3) is 4.46. The minimum absolute atomic E-state index is 0.261. The zero-order valence-electron chi connectivity index (χ0n) is 12.0. The van der Waals surface area contributed by atoms with Crippen LogP contribution in [0.15, 0.2) is 0 Å². The molecule has 2 nitrogen and oxygen atoms in total. The molecular formula is C15H28ClNO. The molecule has 1 fully saturated rings. The average molecular weight is 274 g/mol. The number of hydrogen-bond donors (Lipinski definition) is 0. The highest BCUT2D eigenvalue weighted by Crippen LogP contribution is 2.26. The lowest BCUT2D eigenvalue weighted by molar-refractivity contribution is -0.137. The van der Waals surface area contributed by atoms with Gasteiger partial charge >= 0.3 is 0 Å². The molecule has 0 bridgehead atoms. The predicted molar refractivity (Wildman–Crippen MR) is 78.0 cm³/mol. The van der Waals surface area contributed by atoms with Crippen LogP contribution in [0.2, 0.25) is 0 Å². The molecule has 106 valence electrons. The molecule has 18 heavy (non-hydrogen) atoms. The first kappa shape index (κ1) is 15.8. The van der Waals surface area contributed by atoms with Crippen molar-refractivity contribution in [1.29, 1.82) is 0 Å². The number of halogens is 1. The Morgan fingerprint density at radius 2 is 2.00 bits per heavy atom. The maximum Gasteiger partial charge on any atom is 0.225 e. The van der Waals surface area contributed by atoms with Gasteiger partial charge in [0, 0.05) is 24.4 Å². The Bertz CT molecular complexity index is 239. The van der Waals surface area contributed by atoms with Crippen molar-refractivity contribution >= 4 is 17.5 Å². The van der Waals surface area contributed by atoms with Gasteiger partial charge in [-0.15, -0.1) is 11.6 Å². The fourth-order valence-corrected chi connectivity index (χ4v) is 3.22. The minimum atomic E-state index is 0.261. The van der Waals surface area contributed by atoms with Gasteiger partial charge in [-0.3, -0.25) is 4.79 Å². The minimum Gasteiger partial charge on any atom is -0.339 e. The van der Waals surface area contributed by atoms with E-state index in [9.17, 15) is 4.79 Å². The first-order valence-corrected chi connectivity index (χ1v) is 8.14. The van der Waals surface area contributed by atoms with Crippen molar-refractivity contribution in [1.82, 2.24) is 4.90 Å². The largest absolute Gasteiger partial charge is 0.339 e. The molecule has 0 N–H and O–H groups in total. The molecule has 1 atom stereocenters. The van der Waals surface area contributed by atoms with Crippen molar-refractivity contribution in [3.05, 3.63) is 0 Å². The van der Waals surface area contributed by atoms with Crippen LogP contribution in [0.25, 0.3) is 0 Å². The number of carbonyl (C=O) groups is 1. The number of hydrogen-bond acceptors (Lipinski definition) is 1. The van der Waals surface area contributed by atoms with Gasteiger partial charge in [-0.25, -0.2) is 0 Å². The second-order valence-electron chi connectivity index (χ2n) is 5.43. The summed E-state index contributed by atoms with van der Waals surface area (Å²) in [7, 11) is 0. The maximum atomic E-state index is 12.6. The summed E-state index contributed by atoms with van der Waals surface area (Å²) in [6.45, 7) is 5.31. The Labute approximate surface area is 117 Å². The van der Waals surface area contributed by atoms with Gasteiger partial charge in [-0.1, -0.05) is 26.7 Å². The molecule has 3 heteroatoms. The molecule has 0 spiro atoms. The van der Waals surface area contributed by atoms with Crippen LogP contribution in [0.4, 0.5) is 0 Å². The van der Waals surface area contributed by atoms with E-state index < -0.39 is 0 Å². The van der Waals surface area contributed by atoms with Crippen molar-refractivity contribution in [3.8, 4) is 0 Å². The molecule has 1 aliphatic heterocycles. The Balaban J connectivity index is 2.55. The molecule has 0 aromatic heterocycles. The molecule has 1 rings (SSSR count). The lowest BCUT2D eigenvalue weighted by atomic mass is 9.96. The van der Waals surface area contributed by atoms with E-state index in [0.717, 1.165) is 45.1 Å². The summed E-state index contributed by atoms with van der Waals surface area (Å²) in [5, 5.41) is 0. The van der Waals surface area contributed by atoms with Crippen LogP contribution < -0.4 is 0 Å². The van der Waals surface area contributed by atoms with Crippen molar-refractivity contribution in [3.63, 3.8) is 0 Å². The van der Waals surface area contributed by atoms with Crippen molar-refractivity contribution < 1.29 is 4.79 Å². The van der Waals surface area contributed by atoms with Gasteiger partial charge < -0.3 is 4.90 Å². The Hall–Kier alpha value is -0.240. The molecule has 1 amide bonds. The molecule has 0 aromatic rings. The maximum absolute atomic E-state index is 12.6. The summed E-state index contributed by atoms with van der Waals surface area (Å²) in [6.07, 6.45) is 8.77. The van der Waals surface area contributed by atoms with E-state index in [1.807, 2.05) is 0 Å². The van der Waals surface area contributed by atoms with E-state index in [1.54, 1.807) is 0 Å². The van der Waals surface area contributed by atoms with Crippen LogP contribution in [0.3, 0.4) is 0 Å². The molecule has 0 saturated carbocycles. The molecule has 1 saturated heterocycles. The van der Waals surface area contributed by atoms with E-state index in [-0.39, 0.29) is 5.92 Å². The smallest absolute Gasteiger partial charge is 0.225 e. The van der Waals surface area contributed by atoms with E-state index in [4.69, 9.17) is 11.6 Å². The molecule has 1 aliphatic rings. The molecule has 1 heterocycles. The van der Waals surface area contributed by atoms with Crippen LogP contribution in [0.5, 0.6) is 0 Å². The highest BCUT2D eigenvalue weighted by molar-refractivity contribution is 6.17. The zero-order valence-corrected chi connectivity index (χ0v) is 12.7. The van der Waals surface area contributed by atoms with Gasteiger partial charge in [0.2, 0.25) is 5.91 Å². The quantitative estimate of drug-likeness (QED) is 0.607. The normalized spacial score (nSPS) is 19.8. The lowest BCUT2D eigenvalue weighted by Gasteiger charge is -2.28. The highest BCUT2D eigenvalue weighted by Gasteiger charge is 2.31. The standard InChI is InChI=1S/C15H28ClNO/c1-3-7-13(8-4-2)15(18)17-12-6-10-14(17)9-5-11-16/h13-14H,3-12H2,1-2H3. The van der Waals surface area contributed by atoms with E-state index in [0.29, 0.717) is 17.8 Å². The first-order valence-electron chi connectivity index (χ1n) is 7.61. The Morgan fingerprint density at radius 3 is 2.56 bits per heavy atom. The second-order valence-corrected chi connectivity index (χ2v) is 5.81. The van der Waals surface area contributed by atoms with Crippen molar-refractivity contribution in [2.24, 2.45) is 5.92 Å². The van der Waals surface area contributed by atoms with Crippen LogP contribution in [-0.2, 0) is 4.79 Å². The van der Waals surface area contributed by atoms with Gasteiger partial charge in [-0.2, -0.15) is 0 Å². The molecule has 0 radical (unpaired) electrons. The van der Waals surface area contributed by atoms with Gasteiger partial charge in [-0.05, 0) is 38.5 Å². The topological polar surface area (TPSA) is 20.3 Å². The number of likely N-dealkylation sites (tertiary alicyclic amines) is 1. The first-order chi connectivity index (χ1) is 8.74. The summed E-state index contributed by atoms with van der Waals surface area (Å²) in [5.41, 5.74) is 0. The lowest BCUT2D eigenvalue weighted by Crippen LogP contribution is -2.39. The van der Waals surface area contributed by atoms with E-state index in [2.05, 4.69) is 18.7 Å². The number of rotatable bonds is 8. The number of carbonyl (C=O) groups excluding carboxylic acids is 1. The van der Waals surface area contributed by atoms with E-state index >= 15 is 0 Å². The molecule has 0 aliphatic carbocycles. The van der Waals surface area contributed by atoms with Crippen molar-refractivity contribution in [2.75, 3.05) is 12.4 Å². The second kappa shape index (κ2) is 8.79. The monoisotopic (exact) mass is 273 g/mol. The van der Waals surface area contributed by atoms with Crippen LogP contribution >= 0.6 is 11.6 Å². The zero-order chi connectivity index (χ0) is 13.4. The van der Waals surface area contributed by atoms with Gasteiger partial charge in [0.15, 0.2) is 0 Å². The summed E-state index contributed by atoms with van der Waals surface area (Å²) in [6, 6.07) is 0.465. The Morgan fingerprint density at radius 1 is 1.33 bits per heavy atom. The van der Waals surface area contributed by atoms with Crippen LogP contribution in [0, 0.1) is 5.92 Å².